The molecular formula is C18H31N3. The van der Waals surface area contributed by atoms with Gasteiger partial charge in [0.05, 0.1) is 0 Å². The fourth-order valence-electron chi connectivity index (χ4n) is 3.59. The quantitative estimate of drug-likeness (QED) is 0.797. The lowest BCUT2D eigenvalue weighted by atomic mass is 9.73. The molecule has 0 saturated heterocycles. The highest BCUT2D eigenvalue weighted by atomic mass is 15.1. The molecule has 0 unspecified atom stereocenters. The molecule has 1 aliphatic carbocycles. The number of hydrogen-bond donors (Lipinski definition) is 1. The summed E-state index contributed by atoms with van der Waals surface area (Å²) in [7, 11) is 2.27. The molecule has 3 nitrogen and oxygen atoms in total. The summed E-state index contributed by atoms with van der Waals surface area (Å²) in [6.07, 6.45) is 9.93. The molecule has 0 atom stereocenters. The molecule has 0 aliphatic heterocycles. The van der Waals surface area contributed by atoms with Crippen LogP contribution in [0, 0.1) is 5.41 Å². The molecular weight excluding hydrogens is 258 g/mol. The number of pyridine rings is 1. The summed E-state index contributed by atoms with van der Waals surface area (Å²) < 4.78 is 0. The van der Waals surface area contributed by atoms with E-state index in [1.165, 1.54) is 50.9 Å². The van der Waals surface area contributed by atoms with Crippen LogP contribution in [0.4, 0.5) is 0 Å². The van der Waals surface area contributed by atoms with Crippen LogP contribution in [0.3, 0.4) is 0 Å². The van der Waals surface area contributed by atoms with Crippen LogP contribution in [0.15, 0.2) is 24.4 Å². The highest BCUT2D eigenvalue weighted by Crippen LogP contribution is 2.36. The molecule has 3 heteroatoms. The van der Waals surface area contributed by atoms with Gasteiger partial charge >= 0.3 is 0 Å². The van der Waals surface area contributed by atoms with Crippen molar-refractivity contribution in [1.82, 2.24) is 15.2 Å². The number of likely N-dealkylation sites (N-methyl/N-ethyl adjacent to an activating group) is 1. The van der Waals surface area contributed by atoms with Gasteiger partial charge in [-0.05, 0) is 44.0 Å². The van der Waals surface area contributed by atoms with Gasteiger partial charge < -0.3 is 10.2 Å². The van der Waals surface area contributed by atoms with Crippen LogP contribution < -0.4 is 5.32 Å². The molecule has 0 spiro atoms. The van der Waals surface area contributed by atoms with Gasteiger partial charge in [-0.15, -0.1) is 0 Å². The lowest BCUT2D eigenvalue weighted by Gasteiger charge is -2.40. The van der Waals surface area contributed by atoms with Crippen molar-refractivity contribution >= 4 is 0 Å². The first-order valence-corrected chi connectivity index (χ1v) is 8.53. The minimum Gasteiger partial charge on any atom is -0.316 e. The summed E-state index contributed by atoms with van der Waals surface area (Å²) in [6, 6.07) is 6.19. The number of hydrogen-bond acceptors (Lipinski definition) is 3. The standard InChI is InChI=1S/C18H31N3/c1-3-19-15-18(11-6-4-7-12-18)16-21(2)14-10-17-9-5-8-13-20-17/h5,8-9,13,19H,3-4,6-7,10-12,14-16H2,1-2H3. The Bertz CT molecular complexity index is 385. The van der Waals surface area contributed by atoms with Crippen molar-refractivity contribution in [2.45, 2.75) is 45.4 Å². The van der Waals surface area contributed by atoms with E-state index in [0.717, 1.165) is 19.5 Å². The molecule has 21 heavy (non-hydrogen) atoms. The van der Waals surface area contributed by atoms with Crippen molar-refractivity contribution < 1.29 is 0 Å². The molecule has 1 N–H and O–H groups in total. The van der Waals surface area contributed by atoms with Crippen LogP contribution in [-0.4, -0.2) is 43.1 Å². The lowest BCUT2D eigenvalue weighted by Crippen LogP contribution is -2.44. The second kappa shape index (κ2) is 8.50. The Morgan fingerprint density at radius 2 is 2.05 bits per heavy atom. The molecule has 0 aromatic carbocycles. The third-order valence-electron chi connectivity index (χ3n) is 4.75. The monoisotopic (exact) mass is 289 g/mol. The van der Waals surface area contributed by atoms with Crippen molar-refractivity contribution in [3.63, 3.8) is 0 Å². The Kier molecular flexibility index (Phi) is 6.65. The van der Waals surface area contributed by atoms with E-state index in [9.17, 15) is 0 Å². The predicted octanol–water partition coefficient (Wildman–Crippen LogP) is 3.12. The number of nitrogens with zero attached hydrogens (tertiary/aromatic N) is 2. The third-order valence-corrected chi connectivity index (χ3v) is 4.75. The van der Waals surface area contributed by atoms with E-state index >= 15 is 0 Å². The number of nitrogens with one attached hydrogen (secondary N) is 1. The second-order valence-electron chi connectivity index (χ2n) is 6.65. The van der Waals surface area contributed by atoms with Gasteiger partial charge in [-0.3, -0.25) is 4.98 Å². The molecule has 2 rings (SSSR count). The van der Waals surface area contributed by atoms with Crippen molar-refractivity contribution in [2.24, 2.45) is 5.41 Å². The Morgan fingerprint density at radius 3 is 2.71 bits per heavy atom. The van der Waals surface area contributed by atoms with E-state index in [4.69, 9.17) is 0 Å². The zero-order valence-corrected chi connectivity index (χ0v) is 13.8. The van der Waals surface area contributed by atoms with E-state index in [0.29, 0.717) is 5.41 Å². The molecule has 1 aromatic heterocycles. The van der Waals surface area contributed by atoms with E-state index in [1.807, 2.05) is 12.3 Å². The third kappa shape index (κ3) is 5.40. The maximum Gasteiger partial charge on any atom is 0.0416 e. The van der Waals surface area contributed by atoms with Crippen LogP contribution in [0.2, 0.25) is 0 Å². The smallest absolute Gasteiger partial charge is 0.0416 e. The van der Waals surface area contributed by atoms with Gasteiger partial charge in [0.2, 0.25) is 0 Å². The Morgan fingerprint density at radius 1 is 1.24 bits per heavy atom. The lowest BCUT2D eigenvalue weighted by molar-refractivity contribution is 0.118. The minimum atomic E-state index is 0.493. The van der Waals surface area contributed by atoms with Gasteiger partial charge in [-0.1, -0.05) is 32.3 Å². The van der Waals surface area contributed by atoms with Gasteiger partial charge in [0.15, 0.2) is 0 Å². The van der Waals surface area contributed by atoms with E-state index in [1.54, 1.807) is 0 Å². The van der Waals surface area contributed by atoms with Crippen molar-refractivity contribution in [3.05, 3.63) is 30.1 Å². The topological polar surface area (TPSA) is 28.2 Å². The Balaban J connectivity index is 1.84. The van der Waals surface area contributed by atoms with Crippen molar-refractivity contribution in [2.75, 3.05) is 33.2 Å². The van der Waals surface area contributed by atoms with E-state index in [-0.39, 0.29) is 0 Å². The Labute approximate surface area is 130 Å². The fraction of sp³-hybridized carbons (Fsp3) is 0.722. The summed E-state index contributed by atoms with van der Waals surface area (Å²) in [6.45, 7) is 6.79. The summed E-state index contributed by atoms with van der Waals surface area (Å²) >= 11 is 0. The zero-order valence-electron chi connectivity index (χ0n) is 13.8. The predicted molar refractivity (Wildman–Crippen MR) is 89.5 cm³/mol. The normalized spacial score (nSPS) is 18.0. The summed E-state index contributed by atoms with van der Waals surface area (Å²) in [5.41, 5.74) is 1.70. The average Bonchev–Trinajstić information content (AvgIpc) is 2.53. The van der Waals surface area contributed by atoms with Gasteiger partial charge in [-0.2, -0.15) is 0 Å². The highest BCUT2D eigenvalue weighted by molar-refractivity contribution is 5.03. The molecule has 0 bridgehead atoms. The molecule has 1 aromatic rings. The second-order valence-corrected chi connectivity index (χ2v) is 6.65. The van der Waals surface area contributed by atoms with Gasteiger partial charge in [0, 0.05) is 37.9 Å². The van der Waals surface area contributed by atoms with Crippen LogP contribution in [-0.2, 0) is 6.42 Å². The largest absolute Gasteiger partial charge is 0.316 e. The van der Waals surface area contributed by atoms with Crippen LogP contribution in [0.5, 0.6) is 0 Å². The van der Waals surface area contributed by atoms with Crippen LogP contribution in [0.25, 0.3) is 0 Å². The molecule has 0 radical (unpaired) electrons. The number of rotatable bonds is 8. The number of aromatic nitrogens is 1. The summed E-state index contributed by atoms with van der Waals surface area (Å²) in [5, 5.41) is 3.60. The van der Waals surface area contributed by atoms with Crippen molar-refractivity contribution in [1.29, 1.82) is 0 Å². The average molecular weight is 289 g/mol. The SMILES string of the molecule is CCNCC1(CN(C)CCc2ccccn2)CCCCC1. The van der Waals surface area contributed by atoms with Crippen LogP contribution >= 0.6 is 0 Å². The van der Waals surface area contributed by atoms with Gasteiger partial charge in [0.25, 0.3) is 0 Å². The van der Waals surface area contributed by atoms with E-state index < -0.39 is 0 Å². The maximum atomic E-state index is 4.43. The molecule has 118 valence electrons. The molecule has 1 aliphatic rings. The maximum absolute atomic E-state index is 4.43. The fourth-order valence-corrected chi connectivity index (χ4v) is 3.59. The first kappa shape index (κ1) is 16.4. The summed E-state index contributed by atoms with van der Waals surface area (Å²) in [5.74, 6) is 0. The molecule has 1 saturated carbocycles. The minimum absolute atomic E-state index is 0.493. The van der Waals surface area contributed by atoms with E-state index in [2.05, 4.69) is 41.3 Å². The van der Waals surface area contributed by atoms with Crippen LogP contribution in [0.1, 0.15) is 44.7 Å². The van der Waals surface area contributed by atoms with Gasteiger partial charge in [-0.25, -0.2) is 0 Å². The first-order chi connectivity index (χ1) is 10.2. The molecule has 1 fully saturated rings. The molecule has 0 amide bonds. The molecule has 1 heterocycles. The Hall–Kier alpha value is -0.930. The zero-order chi connectivity index (χ0) is 15.0. The highest BCUT2D eigenvalue weighted by Gasteiger charge is 2.32. The first-order valence-electron chi connectivity index (χ1n) is 8.53. The summed E-state index contributed by atoms with van der Waals surface area (Å²) in [4.78, 5) is 6.94. The van der Waals surface area contributed by atoms with Crippen molar-refractivity contribution in [3.8, 4) is 0 Å². The van der Waals surface area contributed by atoms with Gasteiger partial charge in [0.1, 0.15) is 0 Å².